The number of amides is 1. The Bertz CT molecular complexity index is 640. The Labute approximate surface area is 183 Å². The van der Waals surface area contributed by atoms with E-state index in [-0.39, 0.29) is 30.1 Å². The van der Waals surface area contributed by atoms with Crippen LogP contribution in [-0.4, -0.2) is 65.7 Å². The van der Waals surface area contributed by atoms with E-state index in [1.54, 1.807) is 18.4 Å². The lowest BCUT2D eigenvalue weighted by atomic mass is 10.2. The van der Waals surface area contributed by atoms with Crippen molar-refractivity contribution in [2.24, 2.45) is 4.99 Å². The lowest BCUT2D eigenvalue weighted by molar-refractivity contribution is 0.0237. The molecule has 1 aliphatic carbocycles. The van der Waals surface area contributed by atoms with E-state index in [0.717, 1.165) is 29.5 Å². The number of hydrogen-bond acceptors (Lipinski definition) is 5. The lowest BCUT2D eigenvalue weighted by Gasteiger charge is -2.28. The number of carbonyl (C=O) groups is 1. The lowest BCUT2D eigenvalue weighted by Crippen LogP contribution is -2.45. The summed E-state index contributed by atoms with van der Waals surface area (Å²) in [5.74, 6) is 0.788. The summed E-state index contributed by atoms with van der Waals surface area (Å²) in [6, 6.07) is 0.310. The normalized spacial score (nSPS) is 14.4. The molecule has 0 bridgehead atoms. The van der Waals surface area contributed by atoms with Crippen molar-refractivity contribution in [2.75, 3.05) is 27.2 Å². The smallest absolute Gasteiger partial charge is 0.410 e. The van der Waals surface area contributed by atoms with Crippen LogP contribution in [0.1, 0.15) is 44.3 Å². The van der Waals surface area contributed by atoms with Gasteiger partial charge in [0.25, 0.3) is 0 Å². The minimum Gasteiger partial charge on any atom is -0.444 e. The van der Waals surface area contributed by atoms with Crippen LogP contribution in [0.2, 0.25) is 0 Å². The number of ether oxygens (including phenoxy) is 1. The molecule has 0 saturated heterocycles. The molecule has 2 rings (SSSR count). The second-order valence-corrected chi connectivity index (χ2v) is 8.66. The predicted octanol–water partition coefficient (Wildman–Crippen LogP) is 3.48. The van der Waals surface area contributed by atoms with Crippen LogP contribution in [0.4, 0.5) is 4.79 Å². The molecule has 0 radical (unpaired) electrons. The van der Waals surface area contributed by atoms with Crippen molar-refractivity contribution in [1.29, 1.82) is 0 Å². The van der Waals surface area contributed by atoms with E-state index >= 15 is 0 Å². The van der Waals surface area contributed by atoms with Crippen LogP contribution in [0, 0.1) is 6.92 Å². The average Bonchev–Trinajstić information content (AvgIpc) is 3.28. The number of thiazole rings is 1. The van der Waals surface area contributed by atoms with E-state index < -0.39 is 5.60 Å². The van der Waals surface area contributed by atoms with Gasteiger partial charge in [0.2, 0.25) is 0 Å². The topological polar surface area (TPSA) is 70.1 Å². The first-order valence-electron chi connectivity index (χ1n) is 9.02. The monoisotopic (exact) mass is 509 g/mol. The van der Waals surface area contributed by atoms with Crippen LogP contribution in [0.25, 0.3) is 0 Å². The molecule has 1 aromatic heterocycles. The van der Waals surface area contributed by atoms with Crippen molar-refractivity contribution >= 4 is 47.4 Å². The number of aryl methyl sites for hydroxylation is 1. The summed E-state index contributed by atoms with van der Waals surface area (Å²) >= 11 is 1.65. The summed E-state index contributed by atoms with van der Waals surface area (Å²) in [7, 11) is 3.74. The number of nitrogens with one attached hydrogen (secondary N) is 1. The minimum atomic E-state index is -0.473. The molecular formula is C18H32IN5O2S. The van der Waals surface area contributed by atoms with Crippen LogP contribution >= 0.6 is 35.3 Å². The maximum Gasteiger partial charge on any atom is 0.410 e. The van der Waals surface area contributed by atoms with Crippen LogP contribution in [0.5, 0.6) is 0 Å². The molecule has 154 valence electrons. The summed E-state index contributed by atoms with van der Waals surface area (Å²) in [6.45, 7) is 9.61. The molecule has 1 aliphatic rings. The third-order valence-corrected chi connectivity index (χ3v) is 4.71. The van der Waals surface area contributed by atoms with Crippen LogP contribution in [0.3, 0.4) is 0 Å². The number of rotatable bonds is 6. The van der Waals surface area contributed by atoms with Gasteiger partial charge in [0.1, 0.15) is 5.60 Å². The van der Waals surface area contributed by atoms with Gasteiger partial charge in [-0.2, -0.15) is 0 Å². The summed E-state index contributed by atoms with van der Waals surface area (Å²) < 4.78 is 5.53. The van der Waals surface area contributed by atoms with Crippen molar-refractivity contribution in [2.45, 2.75) is 58.7 Å². The number of guanidine groups is 1. The first kappa shape index (κ1) is 23.9. The van der Waals surface area contributed by atoms with Gasteiger partial charge in [0, 0.05) is 38.6 Å². The summed E-state index contributed by atoms with van der Waals surface area (Å²) in [4.78, 5) is 25.1. The SMILES string of the molecule is CN=C(NCCN(C(=O)OC(C)(C)C)C1CC1)N(C)Cc1csc(C)n1.I. The first-order chi connectivity index (χ1) is 12.2. The second-order valence-electron chi connectivity index (χ2n) is 7.59. The standard InChI is InChI=1S/C18H31N5O2S.HI/c1-13-21-14(12-26-13)11-22(6)16(19-5)20-9-10-23(15-7-8-15)17(24)25-18(2,3)4;/h12,15H,7-11H2,1-6H3,(H,19,20);1H. The van der Waals surface area contributed by atoms with Gasteiger partial charge in [-0.05, 0) is 40.5 Å². The van der Waals surface area contributed by atoms with E-state index in [4.69, 9.17) is 4.74 Å². The molecule has 9 heteroatoms. The summed E-state index contributed by atoms with van der Waals surface area (Å²) in [5, 5.41) is 6.46. The molecule has 1 amide bonds. The Morgan fingerprint density at radius 1 is 1.44 bits per heavy atom. The van der Waals surface area contributed by atoms with Gasteiger partial charge >= 0.3 is 6.09 Å². The Hall–Kier alpha value is -1.10. The number of nitrogens with zero attached hydrogens (tertiary/aromatic N) is 4. The zero-order valence-corrected chi connectivity index (χ0v) is 20.3. The molecule has 1 aromatic rings. The third-order valence-electron chi connectivity index (χ3n) is 3.89. The van der Waals surface area contributed by atoms with Gasteiger partial charge in [0.15, 0.2) is 5.96 Å². The van der Waals surface area contributed by atoms with E-state index in [0.29, 0.717) is 25.7 Å². The highest BCUT2D eigenvalue weighted by Gasteiger charge is 2.34. The molecule has 0 spiro atoms. The van der Waals surface area contributed by atoms with Gasteiger partial charge in [0.05, 0.1) is 17.2 Å². The van der Waals surface area contributed by atoms with E-state index in [1.165, 1.54) is 0 Å². The number of aromatic nitrogens is 1. The largest absolute Gasteiger partial charge is 0.444 e. The second kappa shape index (κ2) is 10.4. The Kier molecular flexibility index (Phi) is 9.26. The molecule has 1 fully saturated rings. The zero-order valence-electron chi connectivity index (χ0n) is 17.1. The zero-order chi connectivity index (χ0) is 19.3. The average molecular weight is 509 g/mol. The third kappa shape index (κ3) is 8.20. The van der Waals surface area contributed by atoms with Crippen molar-refractivity contribution in [3.05, 3.63) is 16.1 Å². The fourth-order valence-corrected chi connectivity index (χ4v) is 3.21. The quantitative estimate of drug-likeness (QED) is 0.361. The Balaban J connectivity index is 0.00000364. The molecule has 0 aliphatic heterocycles. The van der Waals surface area contributed by atoms with Gasteiger partial charge in [-0.1, -0.05) is 0 Å². The van der Waals surface area contributed by atoms with Crippen molar-refractivity contribution < 1.29 is 9.53 Å². The van der Waals surface area contributed by atoms with E-state index in [2.05, 4.69) is 20.7 Å². The fraction of sp³-hybridized carbons (Fsp3) is 0.722. The molecule has 1 N–H and O–H groups in total. The molecule has 0 atom stereocenters. The minimum absolute atomic E-state index is 0. The molecule has 0 aromatic carbocycles. The number of halogens is 1. The maximum absolute atomic E-state index is 12.4. The Morgan fingerprint density at radius 2 is 2.11 bits per heavy atom. The van der Waals surface area contributed by atoms with Gasteiger partial charge in [-0.25, -0.2) is 9.78 Å². The van der Waals surface area contributed by atoms with Gasteiger partial charge in [-0.15, -0.1) is 35.3 Å². The highest BCUT2D eigenvalue weighted by atomic mass is 127. The predicted molar refractivity (Wildman–Crippen MR) is 121 cm³/mol. The van der Waals surface area contributed by atoms with Crippen molar-refractivity contribution in [3.8, 4) is 0 Å². The number of aliphatic imine (C=N–C) groups is 1. The van der Waals surface area contributed by atoms with E-state index in [9.17, 15) is 4.79 Å². The van der Waals surface area contributed by atoms with Crippen LogP contribution in [-0.2, 0) is 11.3 Å². The molecule has 0 unspecified atom stereocenters. The number of carbonyl (C=O) groups excluding carboxylic acids is 1. The van der Waals surface area contributed by atoms with Gasteiger partial charge < -0.3 is 19.9 Å². The van der Waals surface area contributed by atoms with Crippen molar-refractivity contribution in [1.82, 2.24) is 20.1 Å². The van der Waals surface area contributed by atoms with Gasteiger partial charge in [-0.3, -0.25) is 4.99 Å². The van der Waals surface area contributed by atoms with Crippen molar-refractivity contribution in [3.63, 3.8) is 0 Å². The summed E-state index contributed by atoms with van der Waals surface area (Å²) in [6.07, 6.45) is 1.87. The highest BCUT2D eigenvalue weighted by molar-refractivity contribution is 14.0. The Morgan fingerprint density at radius 3 is 2.59 bits per heavy atom. The highest BCUT2D eigenvalue weighted by Crippen LogP contribution is 2.28. The first-order valence-corrected chi connectivity index (χ1v) is 9.90. The molecule has 7 nitrogen and oxygen atoms in total. The van der Waals surface area contributed by atoms with Crippen LogP contribution < -0.4 is 5.32 Å². The summed E-state index contributed by atoms with van der Waals surface area (Å²) in [5.41, 5.74) is 0.561. The molecule has 1 heterocycles. The molecule has 27 heavy (non-hydrogen) atoms. The maximum atomic E-state index is 12.4. The number of hydrogen-bond donors (Lipinski definition) is 1. The van der Waals surface area contributed by atoms with Crippen LogP contribution in [0.15, 0.2) is 10.4 Å². The fourth-order valence-electron chi connectivity index (χ4n) is 2.60. The molecular weight excluding hydrogens is 477 g/mol. The molecule has 1 saturated carbocycles. The van der Waals surface area contributed by atoms with E-state index in [1.807, 2.05) is 44.5 Å².